The average molecular weight is 814 g/mol. The van der Waals surface area contributed by atoms with E-state index >= 15 is 0 Å². The summed E-state index contributed by atoms with van der Waals surface area (Å²) in [6.45, 7) is 4.80. The Bertz CT molecular complexity index is 2500. The average Bonchev–Trinajstić information content (AvgIpc) is 3.57. The Hall–Kier alpha value is -4.88. The summed E-state index contributed by atoms with van der Waals surface area (Å²) in [4.78, 5) is 2.52. The summed E-state index contributed by atoms with van der Waals surface area (Å²) >= 11 is 0. The fourth-order valence-corrected chi connectivity index (χ4v) is 12.9. The van der Waals surface area contributed by atoms with Gasteiger partial charge in [-0.25, -0.2) is 0 Å². The number of benzene rings is 6. The summed E-state index contributed by atoms with van der Waals surface area (Å²) in [6, 6.07) is 48.7. The summed E-state index contributed by atoms with van der Waals surface area (Å²) in [7, 11) is 0. The van der Waals surface area contributed by atoms with Gasteiger partial charge in [-0.1, -0.05) is 150 Å². The first kappa shape index (κ1) is 39.9. The maximum absolute atomic E-state index is 2.66. The molecular formula is C61H67N. The van der Waals surface area contributed by atoms with Crippen molar-refractivity contribution in [3.63, 3.8) is 0 Å². The van der Waals surface area contributed by atoms with Gasteiger partial charge in [0, 0.05) is 22.5 Å². The number of rotatable bonds is 8. The molecule has 1 heteroatoms. The molecule has 0 spiro atoms. The van der Waals surface area contributed by atoms with Crippen molar-refractivity contribution in [1.29, 1.82) is 0 Å². The lowest BCUT2D eigenvalue weighted by Gasteiger charge is -2.29. The van der Waals surface area contributed by atoms with Gasteiger partial charge in [-0.15, -0.1) is 0 Å². The van der Waals surface area contributed by atoms with E-state index in [0.717, 1.165) is 0 Å². The van der Waals surface area contributed by atoms with Crippen LogP contribution in [0.15, 0.2) is 121 Å². The van der Waals surface area contributed by atoms with E-state index in [9.17, 15) is 0 Å². The van der Waals surface area contributed by atoms with E-state index in [0.29, 0.717) is 17.8 Å². The van der Waals surface area contributed by atoms with Crippen LogP contribution in [-0.2, 0) is 18.3 Å². The number of fused-ring (bicyclic) bond motifs is 4. The van der Waals surface area contributed by atoms with Crippen LogP contribution in [0.25, 0.3) is 33.4 Å². The molecule has 11 rings (SSSR count). The van der Waals surface area contributed by atoms with Gasteiger partial charge < -0.3 is 4.90 Å². The van der Waals surface area contributed by atoms with Crippen LogP contribution in [0.1, 0.15) is 180 Å². The Morgan fingerprint density at radius 2 is 0.919 bits per heavy atom. The first-order valence-electron chi connectivity index (χ1n) is 25.0. The molecule has 0 saturated heterocycles. The van der Waals surface area contributed by atoms with Crippen molar-refractivity contribution in [1.82, 2.24) is 0 Å². The lowest BCUT2D eigenvalue weighted by Crippen LogP contribution is -2.16. The zero-order chi connectivity index (χ0) is 41.6. The van der Waals surface area contributed by atoms with E-state index in [1.807, 2.05) is 0 Å². The maximum atomic E-state index is 2.66. The minimum Gasteiger partial charge on any atom is -0.310 e. The monoisotopic (exact) mass is 814 g/mol. The van der Waals surface area contributed by atoms with Crippen LogP contribution in [0.2, 0.25) is 0 Å². The highest BCUT2D eigenvalue weighted by molar-refractivity contribution is 5.86. The molecule has 0 aliphatic heterocycles. The van der Waals surface area contributed by atoms with Gasteiger partial charge in [0.2, 0.25) is 0 Å². The Labute approximate surface area is 373 Å². The van der Waals surface area contributed by atoms with Crippen LogP contribution in [-0.4, -0.2) is 0 Å². The predicted molar refractivity (Wildman–Crippen MR) is 264 cm³/mol. The summed E-state index contributed by atoms with van der Waals surface area (Å²) in [6.07, 6.45) is 25.5. The number of anilines is 3. The van der Waals surface area contributed by atoms with Gasteiger partial charge in [-0.2, -0.15) is 0 Å². The molecular weight excluding hydrogens is 747 g/mol. The van der Waals surface area contributed by atoms with E-state index in [2.05, 4.69) is 140 Å². The summed E-state index contributed by atoms with van der Waals surface area (Å²) in [5.74, 6) is 2.13. The van der Waals surface area contributed by atoms with E-state index in [1.165, 1.54) is 189 Å². The highest BCUT2D eigenvalue weighted by Crippen LogP contribution is 2.51. The molecule has 3 fully saturated rings. The fourth-order valence-electron chi connectivity index (χ4n) is 12.9. The summed E-state index contributed by atoms with van der Waals surface area (Å²) in [5.41, 5.74) is 22.8. The minimum absolute atomic E-state index is 0.0561. The van der Waals surface area contributed by atoms with E-state index in [-0.39, 0.29) is 5.41 Å². The van der Waals surface area contributed by atoms with Gasteiger partial charge in [0.05, 0.1) is 0 Å². The number of hydrogen-bond acceptors (Lipinski definition) is 1. The molecule has 0 N–H and O–H groups in total. The van der Waals surface area contributed by atoms with Gasteiger partial charge in [0.25, 0.3) is 0 Å². The molecule has 0 heterocycles. The van der Waals surface area contributed by atoms with Crippen molar-refractivity contribution >= 4 is 17.1 Å². The summed E-state index contributed by atoms with van der Waals surface area (Å²) < 4.78 is 0. The second kappa shape index (κ2) is 17.0. The Morgan fingerprint density at radius 1 is 0.387 bits per heavy atom. The molecule has 0 radical (unpaired) electrons. The third-order valence-corrected chi connectivity index (χ3v) is 16.4. The molecule has 5 aliphatic carbocycles. The van der Waals surface area contributed by atoms with Gasteiger partial charge in [0.15, 0.2) is 0 Å². The fraction of sp³-hybridized carbons (Fsp3) is 0.410. The number of nitrogens with zero attached hydrogens (tertiary/aromatic N) is 1. The lowest BCUT2D eigenvalue weighted by molar-refractivity contribution is 0.435. The molecule has 0 bridgehead atoms. The van der Waals surface area contributed by atoms with E-state index in [1.54, 1.807) is 22.3 Å². The normalized spacial score (nSPS) is 19.1. The second-order valence-electron chi connectivity index (χ2n) is 20.6. The van der Waals surface area contributed by atoms with Crippen molar-refractivity contribution in [2.75, 3.05) is 4.90 Å². The zero-order valence-electron chi connectivity index (χ0n) is 37.7. The first-order chi connectivity index (χ1) is 30.5. The molecule has 0 unspecified atom stereocenters. The second-order valence-corrected chi connectivity index (χ2v) is 20.6. The lowest BCUT2D eigenvalue weighted by atomic mass is 9.78. The van der Waals surface area contributed by atoms with Gasteiger partial charge in [0.1, 0.15) is 0 Å². The zero-order valence-corrected chi connectivity index (χ0v) is 37.7. The van der Waals surface area contributed by atoms with Crippen molar-refractivity contribution < 1.29 is 0 Å². The van der Waals surface area contributed by atoms with Crippen LogP contribution < -0.4 is 4.90 Å². The predicted octanol–water partition coefficient (Wildman–Crippen LogP) is 17.8. The third kappa shape index (κ3) is 7.56. The molecule has 0 amide bonds. The van der Waals surface area contributed by atoms with Crippen molar-refractivity contribution in [3.05, 3.63) is 160 Å². The first-order valence-corrected chi connectivity index (χ1v) is 25.0. The van der Waals surface area contributed by atoms with Gasteiger partial charge in [-0.05, 0) is 197 Å². The van der Waals surface area contributed by atoms with E-state index < -0.39 is 0 Å². The van der Waals surface area contributed by atoms with Crippen LogP contribution in [0, 0.1) is 0 Å². The van der Waals surface area contributed by atoms with Crippen molar-refractivity contribution in [3.8, 4) is 33.4 Å². The topological polar surface area (TPSA) is 3.24 Å². The Morgan fingerprint density at radius 3 is 1.56 bits per heavy atom. The van der Waals surface area contributed by atoms with Crippen LogP contribution in [0.4, 0.5) is 17.1 Å². The van der Waals surface area contributed by atoms with Crippen LogP contribution >= 0.6 is 0 Å². The highest BCUT2D eigenvalue weighted by Gasteiger charge is 2.36. The summed E-state index contributed by atoms with van der Waals surface area (Å²) in [5, 5.41) is 0. The molecule has 6 aromatic carbocycles. The van der Waals surface area contributed by atoms with Crippen molar-refractivity contribution in [2.45, 2.75) is 159 Å². The smallest absolute Gasteiger partial charge is 0.0465 e. The quantitative estimate of drug-likeness (QED) is 0.148. The molecule has 1 nitrogen and oxygen atoms in total. The van der Waals surface area contributed by atoms with E-state index in [4.69, 9.17) is 0 Å². The van der Waals surface area contributed by atoms with Gasteiger partial charge in [-0.3, -0.25) is 0 Å². The highest BCUT2D eigenvalue weighted by atomic mass is 15.1. The minimum atomic E-state index is -0.0561. The molecule has 6 aromatic rings. The van der Waals surface area contributed by atoms with Crippen molar-refractivity contribution in [2.24, 2.45) is 0 Å². The number of hydrogen-bond donors (Lipinski definition) is 0. The molecule has 0 aromatic heterocycles. The SMILES string of the molecule is CC1(C)c2ccccc2-c2ccc(N(c3ccc(-c4cc(-c5cc(C6CCCCC6)cc(C6CCCCC6)c5)cc5c4CCCC5)cc3)c3ccc(C4CCCCC4)cc3)cc21. The molecule has 3 saturated carbocycles. The molecule has 5 aliphatic rings. The largest absolute Gasteiger partial charge is 0.310 e. The Kier molecular flexibility index (Phi) is 11.0. The molecule has 62 heavy (non-hydrogen) atoms. The number of aryl methyl sites for hydroxylation is 1. The Balaban J connectivity index is 0.988. The maximum Gasteiger partial charge on any atom is 0.0465 e. The molecule has 316 valence electrons. The molecule has 0 atom stereocenters. The van der Waals surface area contributed by atoms with Crippen LogP contribution in [0.3, 0.4) is 0 Å². The van der Waals surface area contributed by atoms with Gasteiger partial charge >= 0.3 is 0 Å². The third-order valence-electron chi connectivity index (χ3n) is 16.4. The van der Waals surface area contributed by atoms with Crippen LogP contribution in [0.5, 0.6) is 0 Å². The standard InChI is InChI=1S/C61H67N/c1-61(2)59-25-15-14-24-56(59)57-35-34-54(41-60(57)61)62(52-30-26-45(27-31-52)42-16-6-3-7-17-42)53-32-28-46(29-33-53)58-40-51(36-47-22-12-13-23-55(47)58)50-38-48(43-18-8-4-9-19-43)37-49(39-50)44-20-10-5-11-21-44/h14-15,24-44H,3-13,16-23H2,1-2H3.